The quantitative estimate of drug-likeness (QED) is 0.859. The Bertz CT molecular complexity index is 698. The molecule has 2 aromatic rings. The summed E-state index contributed by atoms with van der Waals surface area (Å²) in [5, 5.41) is 7.85. The zero-order chi connectivity index (χ0) is 17.8. The van der Waals surface area contributed by atoms with Gasteiger partial charge in [-0.15, -0.1) is 0 Å². The number of pyridine rings is 1. The molecule has 1 aliphatic heterocycles. The molecule has 1 N–H and O–H groups in total. The van der Waals surface area contributed by atoms with Gasteiger partial charge < -0.3 is 19.7 Å². The van der Waals surface area contributed by atoms with Crippen molar-refractivity contribution < 1.29 is 9.47 Å². The van der Waals surface area contributed by atoms with Crippen LogP contribution in [0.3, 0.4) is 0 Å². The Kier molecular flexibility index (Phi) is 5.55. The first-order chi connectivity index (χ1) is 12.1. The number of anilines is 1. The molecule has 0 amide bonds. The highest BCUT2D eigenvalue weighted by Crippen LogP contribution is 2.20. The Morgan fingerprint density at radius 1 is 1.36 bits per heavy atom. The zero-order valence-electron chi connectivity index (χ0n) is 15.5. The van der Waals surface area contributed by atoms with E-state index >= 15 is 0 Å². The van der Waals surface area contributed by atoms with Crippen LogP contribution in [0.5, 0.6) is 5.88 Å². The van der Waals surface area contributed by atoms with Crippen LogP contribution < -0.4 is 15.0 Å². The molecular weight excluding hydrogens is 318 g/mol. The first-order valence-corrected chi connectivity index (χ1v) is 8.67. The summed E-state index contributed by atoms with van der Waals surface area (Å²) < 4.78 is 12.8. The van der Waals surface area contributed by atoms with Crippen molar-refractivity contribution in [2.75, 3.05) is 31.7 Å². The lowest BCUT2D eigenvalue weighted by molar-refractivity contribution is 0.0529. The van der Waals surface area contributed by atoms with Crippen molar-refractivity contribution in [3.8, 4) is 5.88 Å². The fourth-order valence-corrected chi connectivity index (χ4v) is 3.21. The van der Waals surface area contributed by atoms with Gasteiger partial charge in [-0.1, -0.05) is 6.07 Å². The SMILES string of the molecule is COc1c(CNCc2ccc(N3CCOC(C)C3)nc2)c(C)nn1C. The monoisotopic (exact) mass is 345 g/mol. The molecule has 0 aliphatic carbocycles. The fraction of sp³-hybridized carbons (Fsp3) is 0.556. The van der Waals surface area contributed by atoms with Crippen LogP contribution in [0.2, 0.25) is 0 Å². The molecular formula is C18H27N5O2. The zero-order valence-corrected chi connectivity index (χ0v) is 15.5. The molecule has 1 fully saturated rings. The molecule has 1 saturated heterocycles. The van der Waals surface area contributed by atoms with Gasteiger partial charge in [-0.25, -0.2) is 9.67 Å². The van der Waals surface area contributed by atoms with E-state index in [0.717, 1.165) is 54.8 Å². The van der Waals surface area contributed by atoms with Crippen molar-refractivity contribution >= 4 is 5.82 Å². The molecule has 0 saturated carbocycles. The third-order valence-electron chi connectivity index (χ3n) is 4.49. The van der Waals surface area contributed by atoms with Gasteiger partial charge in [-0.05, 0) is 25.5 Å². The number of methoxy groups -OCH3 is 1. The van der Waals surface area contributed by atoms with Crippen LogP contribution in [-0.2, 0) is 24.9 Å². The second kappa shape index (κ2) is 7.84. The van der Waals surface area contributed by atoms with Crippen LogP contribution in [0, 0.1) is 6.92 Å². The molecule has 1 unspecified atom stereocenters. The maximum atomic E-state index is 5.58. The molecule has 7 nitrogen and oxygen atoms in total. The standard InChI is InChI=1S/C18H27N5O2/c1-13-12-23(7-8-25-13)17-6-5-15(10-20-17)9-19-11-16-14(2)21-22(3)18(16)24-4/h5-6,10,13,19H,7-9,11-12H2,1-4H3. The summed E-state index contributed by atoms with van der Waals surface area (Å²) in [7, 11) is 3.57. The van der Waals surface area contributed by atoms with E-state index in [0.29, 0.717) is 6.54 Å². The van der Waals surface area contributed by atoms with Crippen molar-refractivity contribution in [2.24, 2.45) is 7.05 Å². The van der Waals surface area contributed by atoms with Crippen LogP contribution in [0.25, 0.3) is 0 Å². The van der Waals surface area contributed by atoms with Gasteiger partial charge in [0.25, 0.3) is 0 Å². The highest BCUT2D eigenvalue weighted by molar-refractivity contribution is 5.40. The van der Waals surface area contributed by atoms with Gasteiger partial charge in [0.2, 0.25) is 5.88 Å². The van der Waals surface area contributed by atoms with Gasteiger partial charge in [0, 0.05) is 39.4 Å². The Hall–Kier alpha value is -2.12. The number of ether oxygens (including phenoxy) is 2. The Labute approximate surface area is 148 Å². The number of nitrogens with one attached hydrogen (secondary N) is 1. The minimum absolute atomic E-state index is 0.259. The normalized spacial score (nSPS) is 17.8. The second-order valence-electron chi connectivity index (χ2n) is 6.45. The highest BCUT2D eigenvalue weighted by atomic mass is 16.5. The van der Waals surface area contributed by atoms with E-state index in [1.54, 1.807) is 11.8 Å². The van der Waals surface area contributed by atoms with Crippen molar-refractivity contribution in [2.45, 2.75) is 33.0 Å². The largest absolute Gasteiger partial charge is 0.481 e. The maximum Gasteiger partial charge on any atom is 0.216 e. The smallest absolute Gasteiger partial charge is 0.216 e. The topological polar surface area (TPSA) is 64.4 Å². The van der Waals surface area contributed by atoms with E-state index in [9.17, 15) is 0 Å². The Morgan fingerprint density at radius 3 is 2.88 bits per heavy atom. The summed E-state index contributed by atoms with van der Waals surface area (Å²) in [6.45, 7) is 8.12. The molecule has 3 rings (SSSR count). The lowest BCUT2D eigenvalue weighted by Crippen LogP contribution is -2.41. The molecule has 7 heteroatoms. The minimum Gasteiger partial charge on any atom is -0.481 e. The molecule has 0 bridgehead atoms. The number of aryl methyl sites for hydroxylation is 2. The predicted octanol–water partition coefficient (Wildman–Crippen LogP) is 1.65. The van der Waals surface area contributed by atoms with Crippen molar-refractivity contribution in [1.29, 1.82) is 0 Å². The summed E-state index contributed by atoms with van der Waals surface area (Å²) in [6.07, 6.45) is 2.20. The van der Waals surface area contributed by atoms with Crippen LogP contribution in [0.15, 0.2) is 18.3 Å². The van der Waals surface area contributed by atoms with E-state index in [1.165, 1.54) is 0 Å². The van der Waals surface area contributed by atoms with Crippen LogP contribution in [0.4, 0.5) is 5.82 Å². The first-order valence-electron chi connectivity index (χ1n) is 8.67. The molecule has 2 aromatic heterocycles. The van der Waals surface area contributed by atoms with Crippen LogP contribution >= 0.6 is 0 Å². The Balaban J connectivity index is 1.56. The number of morpholine rings is 1. The van der Waals surface area contributed by atoms with E-state index < -0.39 is 0 Å². The van der Waals surface area contributed by atoms with E-state index in [-0.39, 0.29) is 6.10 Å². The average Bonchev–Trinajstić information content (AvgIpc) is 2.88. The lowest BCUT2D eigenvalue weighted by atomic mass is 10.2. The predicted molar refractivity (Wildman–Crippen MR) is 96.9 cm³/mol. The molecule has 1 aliphatic rings. The minimum atomic E-state index is 0.259. The van der Waals surface area contributed by atoms with Gasteiger partial charge in [-0.3, -0.25) is 0 Å². The molecule has 1 atom stereocenters. The van der Waals surface area contributed by atoms with Crippen LogP contribution in [-0.4, -0.2) is 47.7 Å². The summed E-state index contributed by atoms with van der Waals surface area (Å²) >= 11 is 0. The number of hydrogen-bond acceptors (Lipinski definition) is 6. The number of hydrogen-bond donors (Lipinski definition) is 1. The van der Waals surface area contributed by atoms with E-state index in [4.69, 9.17) is 9.47 Å². The van der Waals surface area contributed by atoms with Crippen molar-refractivity contribution in [1.82, 2.24) is 20.1 Å². The summed E-state index contributed by atoms with van der Waals surface area (Å²) in [5.74, 6) is 1.82. The fourth-order valence-electron chi connectivity index (χ4n) is 3.21. The van der Waals surface area contributed by atoms with Gasteiger partial charge in [0.15, 0.2) is 0 Å². The molecule has 25 heavy (non-hydrogen) atoms. The van der Waals surface area contributed by atoms with Crippen molar-refractivity contribution in [3.05, 3.63) is 35.2 Å². The summed E-state index contributed by atoms with van der Waals surface area (Å²) in [5.41, 5.74) is 3.24. The molecule has 0 radical (unpaired) electrons. The number of rotatable bonds is 6. The maximum absolute atomic E-state index is 5.58. The third-order valence-corrected chi connectivity index (χ3v) is 4.49. The van der Waals surface area contributed by atoms with Crippen molar-refractivity contribution in [3.63, 3.8) is 0 Å². The average molecular weight is 345 g/mol. The van der Waals surface area contributed by atoms with Gasteiger partial charge >= 0.3 is 0 Å². The van der Waals surface area contributed by atoms with E-state index in [1.807, 2.05) is 20.2 Å². The second-order valence-corrected chi connectivity index (χ2v) is 6.45. The molecule has 0 spiro atoms. The molecule has 0 aromatic carbocycles. The van der Waals surface area contributed by atoms with Gasteiger partial charge in [-0.2, -0.15) is 5.10 Å². The number of nitrogens with zero attached hydrogens (tertiary/aromatic N) is 4. The van der Waals surface area contributed by atoms with Gasteiger partial charge in [0.1, 0.15) is 5.82 Å². The lowest BCUT2D eigenvalue weighted by Gasteiger charge is -2.32. The summed E-state index contributed by atoms with van der Waals surface area (Å²) in [6, 6.07) is 4.22. The van der Waals surface area contributed by atoms with Crippen LogP contribution in [0.1, 0.15) is 23.7 Å². The molecule has 3 heterocycles. The first kappa shape index (κ1) is 17.7. The molecule has 136 valence electrons. The summed E-state index contributed by atoms with van der Waals surface area (Å²) in [4.78, 5) is 6.88. The third kappa shape index (κ3) is 4.11. The Morgan fingerprint density at radius 2 is 2.20 bits per heavy atom. The highest BCUT2D eigenvalue weighted by Gasteiger charge is 2.17. The van der Waals surface area contributed by atoms with E-state index in [2.05, 4.69) is 39.4 Å². The van der Waals surface area contributed by atoms with Gasteiger partial charge in [0.05, 0.1) is 31.1 Å². The number of aromatic nitrogens is 3.